The molecule has 0 amide bonds. The lowest BCUT2D eigenvalue weighted by Gasteiger charge is -2.37. The van der Waals surface area contributed by atoms with Crippen molar-refractivity contribution in [3.05, 3.63) is 33.3 Å². The molecule has 116 valence electrons. The Balaban J connectivity index is 1.91. The third kappa shape index (κ3) is 4.78. The molecule has 21 heavy (non-hydrogen) atoms. The highest BCUT2D eigenvalue weighted by atomic mass is 79.9. The van der Waals surface area contributed by atoms with Crippen LogP contribution in [0.15, 0.2) is 22.7 Å². The molecule has 1 saturated carbocycles. The first-order chi connectivity index (χ1) is 10.1. The number of carbonyl (C=O) groups is 1. The van der Waals surface area contributed by atoms with E-state index in [-0.39, 0.29) is 12.4 Å². The van der Waals surface area contributed by atoms with Crippen molar-refractivity contribution in [2.24, 2.45) is 0 Å². The molecule has 0 saturated heterocycles. The van der Waals surface area contributed by atoms with Gasteiger partial charge in [0.2, 0.25) is 0 Å². The van der Waals surface area contributed by atoms with Crippen molar-refractivity contribution in [3.8, 4) is 0 Å². The third-order valence-corrected chi connectivity index (χ3v) is 4.86. The third-order valence-electron chi connectivity index (χ3n) is 4.05. The fourth-order valence-corrected chi connectivity index (χ4v) is 3.38. The van der Waals surface area contributed by atoms with Crippen molar-refractivity contribution in [2.45, 2.75) is 38.1 Å². The predicted molar refractivity (Wildman–Crippen MR) is 89.0 cm³/mol. The molecule has 1 N–H and O–H groups in total. The zero-order valence-electron chi connectivity index (χ0n) is 12.0. The Morgan fingerprint density at radius 1 is 1.38 bits per heavy atom. The Labute approximate surface area is 139 Å². The lowest BCUT2D eigenvalue weighted by atomic mass is 9.91. The first-order valence-corrected chi connectivity index (χ1v) is 8.62. The molecule has 1 aliphatic carbocycles. The molecule has 0 spiro atoms. The number of benzene rings is 1. The van der Waals surface area contributed by atoms with Crippen LogP contribution in [0.25, 0.3) is 0 Å². The summed E-state index contributed by atoms with van der Waals surface area (Å²) in [6.45, 7) is 1.81. The molecule has 1 aromatic rings. The summed E-state index contributed by atoms with van der Waals surface area (Å²) in [6, 6.07) is 5.96. The number of aliphatic hydroxyl groups is 1. The summed E-state index contributed by atoms with van der Waals surface area (Å²) >= 11 is 9.47. The van der Waals surface area contributed by atoms with E-state index in [2.05, 4.69) is 20.8 Å². The van der Waals surface area contributed by atoms with E-state index in [4.69, 9.17) is 16.7 Å². The first-order valence-electron chi connectivity index (χ1n) is 7.45. The van der Waals surface area contributed by atoms with E-state index in [1.807, 2.05) is 6.07 Å². The summed E-state index contributed by atoms with van der Waals surface area (Å²) in [4.78, 5) is 14.6. The highest BCUT2D eigenvalue weighted by molar-refractivity contribution is 9.10. The van der Waals surface area contributed by atoms with Crippen LogP contribution in [0.1, 0.15) is 42.5 Å². The van der Waals surface area contributed by atoms with Crippen LogP contribution in [0, 0.1) is 0 Å². The van der Waals surface area contributed by atoms with Gasteiger partial charge in [-0.05, 0) is 37.5 Å². The Hall–Kier alpha value is -0.420. The van der Waals surface area contributed by atoms with Crippen LogP contribution in [0.4, 0.5) is 0 Å². The van der Waals surface area contributed by atoms with Crippen molar-refractivity contribution >= 4 is 33.3 Å². The van der Waals surface area contributed by atoms with Crippen LogP contribution >= 0.6 is 27.5 Å². The smallest absolute Gasteiger partial charge is 0.165 e. The van der Waals surface area contributed by atoms with E-state index >= 15 is 0 Å². The van der Waals surface area contributed by atoms with Crippen LogP contribution in [0.5, 0.6) is 0 Å². The lowest BCUT2D eigenvalue weighted by Crippen LogP contribution is -2.42. The van der Waals surface area contributed by atoms with Crippen LogP contribution in [0.2, 0.25) is 5.02 Å². The van der Waals surface area contributed by atoms with Crippen LogP contribution in [-0.4, -0.2) is 41.5 Å². The van der Waals surface area contributed by atoms with Crippen molar-refractivity contribution in [1.82, 2.24) is 4.90 Å². The van der Waals surface area contributed by atoms with Crippen molar-refractivity contribution in [2.75, 3.05) is 19.7 Å². The molecule has 0 aliphatic heterocycles. The maximum Gasteiger partial charge on any atom is 0.165 e. The van der Waals surface area contributed by atoms with Gasteiger partial charge in [-0.15, -0.1) is 0 Å². The molecule has 0 aromatic heterocycles. The molecule has 0 unspecified atom stereocenters. The molecule has 3 nitrogen and oxygen atoms in total. The number of halogens is 2. The summed E-state index contributed by atoms with van der Waals surface area (Å²) in [6.07, 6.45) is 4.93. The number of hydrogen-bond acceptors (Lipinski definition) is 3. The molecule has 1 fully saturated rings. The number of carbonyl (C=O) groups excluding carboxylic acids is 1. The molecule has 1 aromatic carbocycles. The Morgan fingerprint density at radius 3 is 2.71 bits per heavy atom. The molecule has 1 aliphatic rings. The number of aliphatic hydroxyl groups excluding tert-OH is 1. The normalized spacial score (nSPS) is 15.2. The van der Waals surface area contributed by atoms with Gasteiger partial charge in [0.1, 0.15) is 0 Å². The number of nitrogens with zero attached hydrogens (tertiary/aromatic N) is 1. The monoisotopic (exact) mass is 373 g/mol. The minimum Gasteiger partial charge on any atom is -0.396 e. The van der Waals surface area contributed by atoms with Gasteiger partial charge in [-0.3, -0.25) is 9.69 Å². The van der Waals surface area contributed by atoms with Gasteiger partial charge in [-0.1, -0.05) is 34.0 Å². The van der Waals surface area contributed by atoms with Gasteiger partial charge in [0.25, 0.3) is 0 Å². The maximum atomic E-state index is 12.3. The van der Waals surface area contributed by atoms with E-state index < -0.39 is 0 Å². The average molecular weight is 375 g/mol. The van der Waals surface area contributed by atoms with Crippen molar-refractivity contribution < 1.29 is 9.90 Å². The number of rotatable bonds is 8. The zero-order chi connectivity index (χ0) is 15.2. The molecule has 0 atom stereocenters. The second kappa shape index (κ2) is 8.28. The first kappa shape index (κ1) is 16.9. The Morgan fingerprint density at radius 2 is 2.14 bits per heavy atom. The molecular weight excluding hydrogens is 354 g/mol. The quantitative estimate of drug-likeness (QED) is 0.701. The van der Waals surface area contributed by atoms with Gasteiger partial charge < -0.3 is 5.11 Å². The van der Waals surface area contributed by atoms with Crippen LogP contribution in [-0.2, 0) is 0 Å². The minimum absolute atomic E-state index is 0.0841. The second-order valence-electron chi connectivity index (χ2n) is 5.50. The molecule has 0 radical (unpaired) electrons. The summed E-state index contributed by atoms with van der Waals surface area (Å²) in [7, 11) is 0. The van der Waals surface area contributed by atoms with Gasteiger partial charge >= 0.3 is 0 Å². The standard InChI is InChI=1S/C16H21BrClNO2/c17-12-5-6-14(15(18)11-12)16(21)7-9-19(8-2-10-20)13-3-1-4-13/h5-6,11,13,20H,1-4,7-10H2. The fourth-order valence-electron chi connectivity index (χ4n) is 2.60. The van der Waals surface area contributed by atoms with Gasteiger partial charge in [0.15, 0.2) is 5.78 Å². The highest BCUT2D eigenvalue weighted by Gasteiger charge is 2.25. The van der Waals surface area contributed by atoms with Crippen molar-refractivity contribution in [1.29, 1.82) is 0 Å². The van der Waals surface area contributed by atoms with Gasteiger partial charge in [0.05, 0.1) is 5.02 Å². The van der Waals surface area contributed by atoms with E-state index in [1.54, 1.807) is 12.1 Å². The highest BCUT2D eigenvalue weighted by Crippen LogP contribution is 2.26. The van der Waals surface area contributed by atoms with Gasteiger partial charge in [-0.25, -0.2) is 0 Å². The van der Waals surface area contributed by atoms with Gasteiger partial charge in [0, 0.05) is 42.2 Å². The van der Waals surface area contributed by atoms with E-state index in [9.17, 15) is 4.79 Å². The number of Topliss-reactive ketones (excluding diaryl/α,β-unsaturated/α-hetero) is 1. The molecule has 0 bridgehead atoms. The lowest BCUT2D eigenvalue weighted by molar-refractivity contribution is 0.0887. The summed E-state index contributed by atoms with van der Waals surface area (Å²) < 4.78 is 0.878. The number of ketones is 1. The van der Waals surface area contributed by atoms with Crippen LogP contribution in [0.3, 0.4) is 0 Å². The molecule has 5 heteroatoms. The minimum atomic E-state index is 0.0841. The fraction of sp³-hybridized carbons (Fsp3) is 0.562. The van der Waals surface area contributed by atoms with E-state index in [0.717, 1.165) is 24.0 Å². The Bertz CT molecular complexity index is 491. The van der Waals surface area contributed by atoms with Crippen LogP contribution < -0.4 is 0 Å². The summed E-state index contributed by atoms with van der Waals surface area (Å²) in [5.41, 5.74) is 0.593. The second-order valence-corrected chi connectivity index (χ2v) is 6.82. The molecular formula is C16H21BrClNO2. The maximum absolute atomic E-state index is 12.3. The largest absolute Gasteiger partial charge is 0.396 e. The van der Waals surface area contributed by atoms with E-state index in [1.165, 1.54) is 19.3 Å². The number of hydrogen-bond donors (Lipinski definition) is 1. The Kier molecular flexibility index (Phi) is 6.68. The van der Waals surface area contributed by atoms with Gasteiger partial charge in [-0.2, -0.15) is 0 Å². The molecule has 0 heterocycles. The predicted octanol–water partition coefficient (Wildman–Crippen LogP) is 3.91. The van der Waals surface area contributed by atoms with E-state index in [0.29, 0.717) is 23.0 Å². The summed E-state index contributed by atoms with van der Waals surface area (Å²) in [5.74, 6) is 0.0841. The van der Waals surface area contributed by atoms with Crippen molar-refractivity contribution in [3.63, 3.8) is 0 Å². The summed E-state index contributed by atoms with van der Waals surface area (Å²) in [5, 5.41) is 9.49. The molecule has 2 rings (SSSR count). The SMILES string of the molecule is O=C(CCN(CCCO)C1CCC1)c1ccc(Br)cc1Cl. The average Bonchev–Trinajstić information content (AvgIpc) is 2.39. The zero-order valence-corrected chi connectivity index (χ0v) is 14.4. The topological polar surface area (TPSA) is 40.5 Å².